The predicted octanol–water partition coefficient (Wildman–Crippen LogP) is 3.90. The van der Waals surface area contributed by atoms with Gasteiger partial charge in [-0.05, 0) is 45.2 Å². The third kappa shape index (κ3) is 3.65. The summed E-state index contributed by atoms with van der Waals surface area (Å²) in [5, 5.41) is 8.63. The Morgan fingerprint density at radius 2 is 1.43 bits per heavy atom. The lowest BCUT2D eigenvalue weighted by Crippen LogP contribution is -1.66. The zero-order chi connectivity index (χ0) is 10.4. The van der Waals surface area contributed by atoms with Crippen LogP contribution in [0.4, 0.5) is 0 Å². The normalized spacial score (nSPS) is 15.0. The van der Waals surface area contributed by atoms with Crippen LogP contribution < -0.4 is 0 Å². The molecule has 1 N–H and O–H groups in total. The van der Waals surface area contributed by atoms with E-state index in [9.17, 15) is 0 Å². The highest BCUT2D eigenvalue weighted by atomic mass is 16.3. The van der Waals surface area contributed by atoms with Crippen LogP contribution in [-0.2, 0) is 0 Å². The zero-order valence-corrected chi connectivity index (χ0v) is 8.96. The molecule has 0 unspecified atom stereocenters. The second kappa shape index (κ2) is 5.48. The van der Waals surface area contributed by atoms with Gasteiger partial charge in [-0.1, -0.05) is 29.3 Å². The van der Waals surface area contributed by atoms with Gasteiger partial charge in [0.05, 0.1) is 0 Å². The molecule has 1 heteroatoms. The van der Waals surface area contributed by atoms with Gasteiger partial charge in [-0.15, -0.1) is 0 Å². The van der Waals surface area contributed by atoms with E-state index in [1.807, 2.05) is 6.07 Å². The Morgan fingerprint density at radius 1 is 0.929 bits per heavy atom. The van der Waals surface area contributed by atoms with E-state index in [2.05, 4.69) is 13.8 Å². The van der Waals surface area contributed by atoms with Gasteiger partial charge in [-0.25, -0.2) is 0 Å². The highest BCUT2D eigenvalue weighted by Crippen LogP contribution is 2.23. The molecule has 0 aromatic heterocycles. The molecule has 1 aliphatic carbocycles. The van der Waals surface area contributed by atoms with Gasteiger partial charge in [0.2, 0.25) is 0 Å². The van der Waals surface area contributed by atoms with E-state index >= 15 is 0 Å². The molecule has 14 heavy (non-hydrogen) atoms. The van der Waals surface area contributed by atoms with E-state index in [1.54, 1.807) is 35.4 Å². The third-order valence-corrected chi connectivity index (χ3v) is 2.59. The lowest BCUT2D eigenvalue weighted by molar-refractivity contribution is 0.475. The Balaban J connectivity index is 0.000000140. The number of para-hydroxylation sites is 1. The summed E-state index contributed by atoms with van der Waals surface area (Å²) in [6, 6.07) is 8.71. The van der Waals surface area contributed by atoms with Gasteiger partial charge in [0.15, 0.2) is 0 Å². The van der Waals surface area contributed by atoms with Crippen LogP contribution in [0.2, 0.25) is 0 Å². The first kappa shape index (κ1) is 10.8. The molecule has 0 saturated carbocycles. The van der Waals surface area contributed by atoms with E-state index in [0.29, 0.717) is 5.75 Å². The van der Waals surface area contributed by atoms with Crippen LogP contribution in [0.5, 0.6) is 5.75 Å². The van der Waals surface area contributed by atoms with Crippen molar-refractivity contribution in [1.29, 1.82) is 0 Å². The summed E-state index contributed by atoms with van der Waals surface area (Å²) in [5.41, 5.74) is 3.25. The number of phenols is 1. The fourth-order valence-corrected chi connectivity index (χ4v) is 1.47. The maximum atomic E-state index is 8.63. The van der Waals surface area contributed by atoms with Crippen LogP contribution in [-0.4, -0.2) is 5.11 Å². The van der Waals surface area contributed by atoms with Gasteiger partial charge < -0.3 is 5.11 Å². The van der Waals surface area contributed by atoms with Gasteiger partial charge in [0.25, 0.3) is 0 Å². The minimum atomic E-state index is 0.322. The van der Waals surface area contributed by atoms with Crippen molar-refractivity contribution in [3.05, 3.63) is 41.5 Å². The van der Waals surface area contributed by atoms with Gasteiger partial charge in [-0.2, -0.15) is 0 Å². The number of hydrogen-bond donors (Lipinski definition) is 1. The summed E-state index contributed by atoms with van der Waals surface area (Å²) in [4.78, 5) is 0. The summed E-state index contributed by atoms with van der Waals surface area (Å²) >= 11 is 0. The Hall–Kier alpha value is -1.24. The first-order valence-corrected chi connectivity index (χ1v) is 5.09. The first-order valence-electron chi connectivity index (χ1n) is 5.09. The minimum Gasteiger partial charge on any atom is -0.508 e. The van der Waals surface area contributed by atoms with E-state index in [4.69, 9.17) is 5.11 Å². The van der Waals surface area contributed by atoms with Crippen molar-refractivity contribution in [2.24, 2.45) is 0 Å². The van der Waals surface area contributed by atoms with Gasteiger partial charge in [0, 0.05) is 0 Å². The van der Waals surface area contributed by atoms with E-state index in [-0.39, 0.29) is 0 Å². The standard InChI is InChI=1S/C7H12.C6H6O/c1-6-4-3-5-7(6)2;7-6-4-2-1-3-5-6/h3-5H2,1-2H3;1-5,7H. The van der Waals surface area contributed by atoms with E-state index in [0.717, 1.165) is 0 Å². The van der Waals surface area contributed by atoms with Crippen molar-refractivity contribution >= 4 is 0 Å². The van der Waals surface area contributed by atoms with E-state index in [1.165, 1.54) is 19.3 Å². The van der Waals surface area contributed by atoms with Crippen LogP contribution in [0, 0.1) is 0 Å². The number of hydrogen-bond acceptors (Lipinski definition) is 1. The molecule has 76 valence electrons. The Bertz CT molecular complexity index is 286. The molecule has 0 amide bonds. The van der Waals surface area contributed by atoms with Crippen molar-refractivity contribution in [3.63, 3.8) is 0 Å². The van der Waals surface area contributed by atoms with Crippen molar-refractivity contribution in [1.82, 2.24) is 0 Å². The van der Waals surface area contributed by atoms with Gasteiger partial charge in [-0.3, -0.25) is 0 Å². The van der Waals surface area contributed by atoms with Crippen molar-refractivity contribution in [3.8, 4) is 5.75 Å². The lowest BCUT2D eigenvalue weighted by atomic mass is 10.2. The zero-order valence-electron chi connectivity index (χ0n) is 8.96. The molecular weight excluding hydrogens is 172 g/mol. The van der Waals surface area contributed by atoms with Crippen LogP contribution in [0.25, 0.3) is 0 Å². The minimum absolute atomic E-state index is 0.322. The smallest absolute Gasteiger partial charge is 0.115 e. The fraction of sp³-hybridized carbons (Fsp3) is 0.385. The first-order chi connectivity index (χ1) is 6.70. The Morgan fingerprint density at radius 3 is 1.64 bits per heavy atom. The number of rotatable bonds is 0. The molecule has 1 aliphatic rings. The maximum absolute atomic E-state index is 8.63. The van der Waals surface area contributed by atoms with Crippen LogP contribution in [0.1, 0.15) is 33.1 Å². The molecule has 0 aliphatic heterocycles. The molecule has 1 aromatic rings. The third-order valence-electron chi connectivity index (χ3n) is 2.59. The second-order valence-electron chi connectivity index (χ2n) is 3.75. The highest BCUT2D eigenvalue weighted by Gasteiger charge is 2.03. The molecule has 0 bridgehead atoms. The maximum Gasteiger partial charge on any atom is 0.115 e. The average molecular weight is 190 g/mol. The summed E-state index contributed by atoms with van der Waals surface area (Å²) in [7, 11) is 0. The molecule has 0 saturated heterocycles. The summed E-state index contributed by atoms with van der Waals surface area (Å²) in [5.74, 6) is 0.322. The van der Waals surface area contributed by atoms with Crippen molar-refractivity contribution in [2.45, 2.75) is 33.1 Å². The number of phenolic OH excluding ortho intramolecular Hbond substituents is 1. The number of benzene rings is 1. The van der Waals surface area contributed by atoms with Crippen molar-refractivity contribution < 1.29 is 5.11 Å². The second-order valence-corrected chi connectivity index (χ2v) is 3.75. The molecular formula is C13H18O. The average Bonchev–Trinajstić information content (AvgIpc) is 2.53. The molecule has 0 radical (unpaired) electrons. The van der Waals surface area contributed by atoms with Gasteiger partial charge in [0.1, 0.15) is 5.75 Å². The predicted molar refractivity (Wildman–Crippen MR) is 60.3 cm³/mol. The van der Waals surface area contributed by atoms with Crippen LogP contribution in [0.15, 0.2) is 41.5 Å². The molecule has 0 heterocycles. The quantitative estimate of drug-likeness (QED) is 0.615. The van der Waals surface area contributed by atoms with Crippen molar-refractivity contribution in [2.75, 3.05) is 0 Å². The molecule has 0 fully saturated rings. The molecule has 0 atom stereocenters. The topological polar surface area (TPSA) is 20.2 Å². The molecule has 2 rings (SSSR count). The largest absolute Gasteiger partial charge is 0.508 e. The Kier molecular flexibility index (Phi) is 4.24. The van der Waals surface area contributed by atoms with Crippen LogP contribution >= 0.6 is 0 Å². The van der Waals surface area contributed by atoms with Gasteiger partial charge >= 0.3 is 0 Å². The molecule has 0 spiro atoms. The summed E-state index contributed by atoms with van der Waals surface area (Å²) < 4.78 is 0. The lowest BCUT2D eigenvalue weighted by Gasteiger charge is -1.87. The van der Waals surface area contributed by atoms with E-state index < -0.39 is 0 Å². The highest BCUT2D eigenvalue weighted by molar-refractivity contribution is 5.18. The molecule has 1 nitrogen and oxygen atoms in total. The number of allylic oxidation sites excluding steroid dienone is 2. The number of aromatic hydroxyl groups is 1. The molecule has 1 aromatic carbocycles. The monoisotopic (exact) mass is 190 g/mol. The fourth-order valence-electron chi connectivity index (χ4n) is 1.47. The van der Waals surface area contributed by atoms with Crippen LogP contribution in [0.3, 0.4) is 0 Å². The Labute approximate surface area is 86.1 Å². The SMILES string of the molecule is CC1=C(C)CCC1.Oc1ccccc1. The summed E-state index contributed by atoms with van der Waals surface area (Å²) in [6.07, 6.45) is 4.11. The summed E-state index contributed by atoms with van der Waals surface area (Å²) in [6.45, 7) is 4.48.